The molecule has 20 heavy (non-hydrogen) atoms. The minimum Gasteiger partial charge on any atom is -0.492 e. The summed E-state index contributed by atoms with van der Waals surface area (Å²) >= 11 is 5.72. The molecule has 0 aliphatic rings. The van der Waals surface area contributed by atoms with Crippen LogP contribution in [0.5, 0.6) is 5.75 Å². The Balaban J connectivity index is 3.00. The molecule has 0 fully saturated rings. The highest BCUT2D eigenvalue weighted by molar-refractivity contribution is 6.32. The van der Waals surface area contributed by atoms with E-state index in [-0.39, 0.29) is 16.3 Å². The van der Waals surface area contributed by atoms with Crippen LogP contribution in [-0.4, -0.2) is 24.0 Å². The summed E-state index contributed by atoms with van der Waals surface area (Å²) < 4.78 is 18.7. The van der Waals surface area contributed by atoms with Gasteiger partial charge in [0.05, 0.1) is 12.1 Å². The largest absolute Gasteiger partial charge is 0.492 e. The molecule has 0 heterocycles. The van der Waals surface area contributed by atoms with Crippen molar-refractivity contribution in [2.45, 2.75) is 0 Å². The molecule has 0 saturated heterocycles. The van der Waals surface area contributed by atoms with Gasteiger partial charge in [-0.2, -0.15) is 0 Å². The smallest absolute Gasteiger partial charge is 0.351 e. The Morgan fingerprint density at radius 1 is 1.45 bits per heavy atom. The Morgan fingerprint density at radius 3 is 2.65 bits per heavy atom. The van der Waals surface area contributed by atoms with E-state index in [2.05, 4.69) is 0 Å². The maximum atomic E-state index is 13.9. The quantitative estimate of drug-likeness (QED) is 0.812. The van der Waals surface area contributed by atoms with Crippen LogP contribution in [0, 0.1) is 5.82 Å². The van der Waals surface area contributed by atoms with Gasteiger partial charge in [0, 0.05) is 11.6 Å². The number of carbonyl (C=O) groups is 2. The van der Waals surface area contributed by atoms with Crippen molar-refractivity contribution in [2.75, 3.05) is 7.11 Å². The number of hydrogen-bond donors (Lipinski definition) is 2. The average molecular weight is 300 g/mol. The monoisotopic (exact) mass is 299 g/mol. The molecule has 1 aromatic rings. The molecule has 0 bridgehead atoms. The van der Waals surface area contributed by atoms with Crippen molar-refractivity contribution in [3.8, 4) is 5.75 Å². The third kappa shape index (κ3) is 3.83. The summed E-state index contributed by atoms with van der Waals surface area (Å²) in [6.07, 6.45) is 2.88. The molecule has 0 aromatic heterocycles. The molecule has 0 saturated carbocycles. The van der Waals surface area contributed by atoms with E-state index in [1.165, 1.54) is 25.3 Å². The highest BCUT2D eigenvalue weighted by atomic mass is 35.5. The number of ether oxygens (including phenoxy) is 1. The van der Waals surface area contributed by atoms with Gasteiger partial charge in [-0.1, -0.05) is 17.7 Å². The molecule has 0 radical (unpaired) electrons. The summed E-state index contributed by atoms with van der Waals surface area (Å²) in [5.41, 5.74) is 4.55. The zero-order valence-corrected chi connectivity index (χ0v) is 11.1. The molecule has 0 aliphatic carbocycles. The minimum absolute atomic E-state index is 0.0712. The number of aliphatic carboxylic acids is 1. The normalized spacial score (nSPS) is 11.7. The number of carboxylic acid groups (broad SMARTS) is 1. The average Bonchev–Trinajstić information content (AvgIpc) is 2.38. The number of halogens is 2. The Hall–Kier alpha value is -2.34. The van der Waals surface area contributed by atoms with Gasteiger partial charge in [0.15, 0.2) is 17.3 Å². The fourth-order valence-electron chi connectivity index (χ4n) is 1.30. The predicted octanol–water partition coefficient (Wildman–Crippen LogP) is 2.00. The minimum atomic E-state index is -1.41. The number of ketones is 1. The number of methoxy groups -OCH3 is 1. The van der Waals surface area contributed by atoms with E-state index in [9.17, 15) is 14.0 Å². The molecule has 5 nitrogen and oxygen atoms in total. The second-order valence-electron chi connectivity index (χ2n) is 3.62. The lowest BCUT2D eigenvalue weighted by atomic mass is 10.1. The number of hydrogen-bond acceptors (Lipinski definition) is 4. The molecule has 106 valence electrons. The van der Waals surface area contributed by atoms with Gasteiger partial charge < -0.3 is 15.6 Å². The lowest BCUT2D eigenvalue weighted by Crippen LogP contribution is -2.11. The van der Waals surface area contributed by atoms with Gasteiger partial charge in [0.1, 0.15) is 5.70 Å². The molecule has 7 heteroatoms. The predicted molar refractivity (Wildman–Crippen MR) is 71.9 cm³/mol. The molecule has 1 aromatic carbocycles. The second-order valence-corrected chi connectivity index (χ2v) is 4.03. The van der Waals surface area contributed by atoms with Crippen molar-refractivity contribution < 1.29 is 23.8 Å². The number of benzene rings is 1. The van der Waals surface area contributed by atoms with Crippen LogP contribution in [0.2, 0.25) is 5.02 Å². The third-order valence-electron chi connectivity index (χ3n) is 2.25. The summed E-state index contributed by atoms with van der Waals surface area (Å²) in [5, 5.41) is 8.60. The molecule has 0 aliphatic heterocycles. The fraction of sp³-hybridized carbons (Fsp3) is 0.0769. The Labute approximate surface area is 119 Å². The van der Waals surface area contributed by atoms with Crippen LogP contribution < -0.4 is 10.5 Å². The van der Waals surface area contributed by atoms with Crippen LogP contribution in [0.4, 0.5) is 4.39 Å². The van der Waals surface area contributed by atoms with E-state index in [0.717, 1.165) is 12.2 Å². The van der Waals surface area contributed by atoms with Gasteiger partial charge in [-0.05, 0) is 18.2 Å². The number of allylic oxidation sites excluding steroid dienone is 2. The Kier molecular flexibility index (Phi) is 5.28. The maximum absolute atomic E-state index is 13.9. The lowest BCUT2D eigenvalue weighted by Gasteiger charge is -2.06. The zero-order valence-electron chi connectivity index (χ0n) is 10.4. The molecule has 0 unspecified atom stereocenters. The van der Waals surface area contributed by atoms with E-state index in [1.807, 2.05) is 0 Å². The van der Waals surface area contributed by atoms with Crippen molar-refractivity contribution in [2.24, 2.45) is 5.73 Å². The first-order valence-electron chi connectivity index (χ1n) is 5.31. The number of carboxylic acids is 1. The third-order valence-corrected chi connectivity index (χ3v) is 2.55. The van der Waals surface area contributed by atoms with Gasteiger partial charge in [0.2, 0.25) is 0 Å². The topological polar surface area (TPSA) is 89.6 Å². The molecule has 0 atom stereocenters. The van der Waals surface area contributed by atoms with Crippen molar-refractivity contribution >= 4 is 29.4 Å². The van der Waals surface area contributed by atoms with Gasteiger partial charge in [-0.15, -0.1) is 0 Å². The summed E-state index contributed by atoms with van der Waals surface area (Å²) in [7, 11) is 1.26. The SMILES string of the molecule is COc1c(Cl)ccc(/C=C/C(=O)/C=C(\N)C(=O)O)c1F. The maximum Gasteiger partial charge on any atom is 0.351 e. The molecule has 0 amide bonds. The van der Waals surface area contributed by atoms with Gasteiger partial charge in [-0.3, -0.25) is 4.79 Å². The molecular formula is C13H11ClFNO4. The summed E-state index contributed by atoms with van der Waals surface area (Å²) in [5.74, 6) is -2.95. The fourth-order valence-corrected chi connectivity index (χ4v) is 1.52. The molecule has 0 spiro atoms. The van der Waals surface area contributed by atoms with Crippen LogP contribution in [0.25, 0.3) is 6.08 Å². The summed E-state index contributed by atoms with van der Waals surface area (Å²) in [6.45, 7) is 0. The van der Waals surface area contributed by atoms with E-state index in [4.69, 9.17) is 27.2 Å². The van der Waals surface area contributed by atoms with E-state index in [0.29, 0.717) is 0 Å². The molecule has 1 rings (SSSR count). The number of nitrogens with two attached hydrogens (primary N) is 1. The van der Waals surface area contributed by atoms with Crippen LogP contribution in [0.1, 0.15) is 5.56 Å². The second kappa shape index (κ2) is 6.72. The zero-order chi connectivity index (χ0) is 15.3. The van der Waals surface area contributed by atoms with Gasteiger partial charge >= 0.3 is 5.97 Å². The van der Waals surface area contributed by atoms with E-state index in [1.54, 1.807) is 0 Å². The van der Waals surface area contributed by atoms with E-state index >= 15 is 0 Å². The standard InChI is InChI=1S/C13H11ClFNO4/c1-20-12-9(14)5-3-7(11(12)15)2-4-8(17)6-10(16)13(18)19/h2-6H,16H2,1H3,(H,18,19)/b4-2+,10-6-. The number of rotatable bonds is 5. The Bertz CT molecular complexity index is 611. The van der Waals surface area contributed by atoms with Crippen molar-refractivity contribution in [3.05, 3.63) is 46.4 Å². The first kappa shape index (κ1) is 15.7. The van der Waals surface area contributed by atoms with Crippen molar-refractivity contribution in [3.63, 3.8) is 0 Å². The molecule has 3 N–H and O–H groups in total. The first-order valence-corrected chi connectivity index (χ1v) is 5.69. The highest BCUT2D eigenvalue weighted by Gasteiger charge is 2.11. The van der Waals surface area contributed by atoms with Crippen molar-refractivity contribution in [1.82, 2.24) is 0 Å². The van der Waals surface area contributed by atoms with Crippen molar-refractivity contribution in [1.29, 1.82) is 0 Å². The van der Waals surface area contributed by atoms with Crippen LogP contribution in [0.15, 0.2) is 30.0 Å². The van der Waals surface area contributed by atoms with Crippen LogP contribution in [0.3, 0.4) is 0 Å². The Morgan fingerprint density at radius 2 is 2.10 bits per heavy atom. The lowest BCUT2D eigenvalue weighted by molar-refractivity contribution is -0.133. The summed E-state index contributed by atoms with van der Waals surface area (Å²) in [4.78, 5) is 21.8. The first-order chi connectivity index (χ1) is 9.36. The van der Waals surface area contributed by atoms with E-state index < -0.39 is 23.3 Å². The highest BCUT2D eigenvalue weighted by Crippen LogP contribution is 2.30. The van der Waals surface area contributed by atoms with Crippen LogP contribution >= 0.6 is 11.6 Å². The van der Waals surface area contributed by atoms with Crippen LogP contribution in [-0.2, 0) is 9.59 Å². The number of carbonyl (C=O) groups excluding carboxylic acids is 1. The van der Waals surface area contributed by atoms with Gasteiger partial charge in [-0.25, -0.2) is 9.18 Å². The summed E-state index contributed by atoms with van der Waals surface area (Å²) in [6, 6.07) is 2.77. The van der Waals surface area contributed by atoms with Gasteiger partial charge in [0.25, 0.3) is 0 Å². The molecular weight excluding hydrogens is 289 g/mol.